The Hall–Kier alpha value is -1.43. The van der Waals surface area contributed by atoms with Gasteiger partial charge in [-0.3, -0.25) is 4.55 Å². The number of fused-ring (bicyclic) bond motifs is 2. The molecule has 2 fully saturated rings. The predicted octanol–water partition coefficient (Wildman–Crippen LogP) is -0.907. The molecule has 2 saturated heterocycles. The molecule has 11 heteroatoms. The highest BCUT2D eigenvalue weighted by Gasteiger charge is 2.49. The van der Waals surface area contributed by atoms with Crippen molar-refractivity contribution in [1.82, 2.24) is 9.96 Å². The highest BCUT2D eigenvalue weighted by molar-refractivity contribution is 7.80. The van der Waals surface area contributed by atoms with Gasteiger partial charge in [-0.25, -0.2) is 4.79 Å². The van der Waals surface area contributed by atoms with E-state index in [0.29, 0.717) is 37.4 Å². The normalized spacial score (nSPS) is 32.4. The lowest BCUT2D eigenvalue weighted by molar-refractivity contribution is -0.0316. The fourth-order valence-corrected chi connectivity index (χ4v) is 3.34. The van der Waals surface area contributed by atoms with Crippen LogP contribution in [0, 0.1) is 0 Å². The van der Waals surface area contributed by atoms with Crippen molar-refractivity contribution in [3.05, 3.63) is 0 Å². The van der Waals surface area contributed by atoms with E-state index < -0.39 is 22.5 Å². The summed E-state index contributed by atoms with van der Waals surface area (Å²) in [5.74, 6) is 0. The lowest BCUT2D eigenvalue weighted by atomic mass is 9.94. The first-order chi connectivity index (χ1) is 9.89. The molecule has 3 heterocycles. The van der Waals surface area contributed by atoms with Gasteiger partial charge in [-0.1, -0.05) is 5.16 Å². The Morgan fingerprint density at radius 2 is 2.24 bits per heavy atom. The molecule has 2 bridgehead atoms. The average Bonchev–Trinajstić information content (AvgIpc) is 2.98. The maximum absolute atomic E-state index is 12.2. The Morgan fingerprint density at radius 1 is 1.48 bits per heavy atom. The van der Waals surface area contributed by atoms with Crippen molar-refractivity contribution in [3.8, 4) is 0 Å². The molecule has 0 aliphatic carbocycles. The summed E-state index contributed by atoms with van der Waals surface area (Å²) in [4.78, 5) is 18.9. The van der Waals surface area contributed by atoms with E-state index in [2.05, 4.69) is 9.44 Å². The Balaban J connectivity index is 1.74. The zero-order valence-corrected chi connectivity index (χ0v) is 11.9. The Bertz CT molecular complexity index is 578. The molecule has 3 rings (SSSR count). The number of nitrogens with zero attached hydrogens (tertiary/aromatic N) is 3. The molecule has 0 spiro atoms. The highest BCUT2D eigenvalue weighted by Crippen LogP contribution is 2.33. The van der Waals surface area contributed by atoms with Gasteiger partial charge < -0.3 is 15.5 Å². The van der Waals surface area contributed by atoms with E-state index in [9.17, 15) is 13.2 Å². The quantitative estimate of drug-likeness (QED) is 0.640. The fourth-order valence-electron chi connectivity index (χ4n) is 2.95. The van der Waals surface area contributed by atoms with Crippen molar-refractivity contribution >= 4 is 22.1 Å². The number of hydrogen-bond acceptors (Lipinski definition) is 7. The van der Waals surface area contributed by atoms with Crippen LogP contribution in [-0.2, 0) is 19.5 Å². The minimum absolute atomic E-state index is 0.180. The minimum Gasteiger partial charge on any atom is -0.391 e. The third-order valence-electron chi connectivity index (χ3n) is 3.90. The molecule has 3 aliphatic rings. The van der Waals surface area contributed by atoms with Crippen molar-refractivity contribution in [2.75, 3.05) is 13.1 Å². The van der Waals surface area contributed by atoms with Crippen LogP contribution in [-0.4, -0.2) is 66.0 Å². The van der Waals surface area contributed by atoms with Gasteiger partial charge in [-0.2, -0.15) is 13.5 Å². The topological polar surface area (TPSA) is 135 Å². The van der Waals surface area contributed by atoms with Crippen LogP contribution in [0.1, 0.15) is 19.3 Å². The van der Waals surface area contributed by atoms with E-state index in [0.717, 1.165) is 5.71 Å². The molecule has 0 aromatic rings. The highest BCUT2D eigenvalue weighted by atomic mass is 32.3. The van der Waals surface area contributed by atoms with Crippen LogP contribution < -0.4 is 5.73 Å². The summed E-state index contributed by atoms with van der Waals surface area (Å²) in [6, 6.07) is -1.25. The van der Waals surface area contributed by atoms with Gasteiger partial charge in [0.15, 0.2) is 0 Å². The van der Waals surface area contributed by atoms with Crippen LogP contribution in [0.2, 0.25) is 0 Å². The molecule has 10 nitrogen and oxygen atoms in total. The SMILES string of the molecule is NC[C@@H]1CC([C@@H]2CC[C@H]3CN2C(=O)N3OS(=O)(=O)O)=NO1. The van der Waals surface area contributed by atoms with Crippen molar-refractivity contribution in [3.63, 3.8) is 0 Å². The number of hydrogen-bond donors (Lipinski definition) is 2. The minimum atomic E-state index is -4.72. The number of nitrogens with two attached hydrogens (primary N) is 1. The smallest absolute Gasteiger partial charge is 0.391 e. The van der Waals surface area contributed by atoms with Crippen molar-refractivity contribution in [2.45, 2.75) is 37.5 Å². The molecular formula is C10H16N4O6S. The molecule has 0 aromatic heterocycles. The van der Waals surface area contributed by atoms with Crippen LogP contribution >= 0.6 is 0 Å². The molecule has 21 heavy (non-hydrogen) atoms. The number of hydroxylamine groups is 2. The molecular weight excluding hydrogens is 304 g/mol. The van der Waals surface area contributed by atoms with Gasteiger partial charge in [0, 0.05) is 19.5 Å². The van der Waals surface area contributed by atoms with Gasteiger partial charge in [0.05, 0.1) is 17.8 Å². The first kappa shape index (κ1) is 14.5. The van der Waals surface area contributed by atoms with E-state index in [1.54, 1.807) is 0 Å². The van der Waals surface area contributed by atoms with Crippen LogP contribution in [0.4, 0.5) is 4.79 Å². The largest absolute Gasteiger partial charge is 0.418 e. The van der Waals surface area contributed by atoms with Crippen molar-refractivity contribution in [1.29, 1.82) is 0 Å². The molecule has 118 valence electrons. The van der Waals surface area contributed by atoms with Crippen LogP contribution in [0.15, 0.2) is 5.16 Å². The molecule has 0 aromatic carbocycles. The summed E-state index contributed by atoms with van der Waals surface area (Å²) in [6.45, 7) is 0.666. The van der Waals surface area contributed by atoms with Crippen molar-refractivity contribution in [2.24, 2.45) is 10.9 Å². The monoisotopic (exact) mass is 320 g/mol. The second-order valence-corrected chi connectivity index (χ2v) is 6.26. The van der Waals surface area contributed by atoms with Gasteiger partial charge in [0.2, 0.25) is 0 Å². The number of urea groups is 1. The zero-order chi connectivity index (χ0) is 15.2. The van der Waals surface area contributed by atoms with Gasteiger partial charge in [-0.15, -0.1) is 4.28 Å². The summed E-state index contributed by atoms with van der Waals surface area (Å²) in [5, 5.41) is 4.69. The standard InChI is InChI=1S/C10H16N4O6S/c11-4-7-3-8(12-19-7)9-2-1-6-5-13(9)10(15)14(6)20-21(16,17)18/h6-7,9H,1-5,11H2,(H,16,17,18)/t6-,7-,9-/m0/s1. The van der Waals surface area contributed by atoms with Crippen LogP contribution in [0.25, 0.3) is 0 Å². The molecule has 3 aliphatic heterocycles. The first-order valence-corrected chi connectivity index (χ1v) is 7.95. The molecule has 0 saturated carbocycles. The van der Waals surface area contributed by atoms with Gasteiger partial charge >= 0.3 is 16.4 Å². The van der Waals surface area contributed by atoms with E-state index in [1.807, 2.05) is 0 Å². The third kappa shape index (κ3) is 2.69. The van der Waals surface area contributed by atoms with Gasteiger partial charge in [0.25, 0.3) is 0 Å². The second kappa shape index (κ2) is 5.09. The summed E-state index contributed by atoms with van der Waals surface area (Å²) in [6.07, 6.45) is 1.55. The number of amides is 2. The number of carbonyl (C=O) groups is 1. The summed E-state index contributed by atoms with van der Waals surface area (Å²) >= 11 is 0. The Kier molecular flexibility index (Phi) is 3.51. The second-order valence-electron chi connectivity index (χ2n) is 5.26. The van der Waals surface area contributed by atoms with E-state index in [1.165, 1.54) is 4.90 Å². The molecule has 3 atom stereocenters. The summed E-state index contributed by atoms with van der Waals surface area (Å²) in [5.41, 5.74) is 6.25. The summed E-state index contributed by atoms with van der Waals surface area (Å²) < 4.78 is 34.7. The lowest BCUT2D eigenvalue weighted by Crippen LogP contribution is -2.45. The maximum atomic E-state index is 12.2. The number of oxime groups is 1. The summed E-state index contributed by atoms with van der Waals surface area (Å²) in [7, 11) is -4.72. The predicted molar refractivity (Wildman–Crippen MR) is 69.4 cm³/mol. The average molecular weight is 320 g/mol. The molecule has 2 amide bonds. The first-order valence-electron chi connectivity index (χ1n) is 6.58. The Morgan fingerprint density at radius 3 is 2.86 bits per heavy atom. The number of piperidine rings is 1. The molecule has 0 unspecified atom stereocenters. The molecule has 0 radical (unpaired) electrons. The third-order valence-corrected chi connectivity index (χ3v) is 4.25. The van der Waals surface area contributed by atoms with E-state index >= 15 is 0 Å². The Labute approximate surface area is 121 Å². The number of rotatable bonds is 4. The fraction of sp³-hybridized carbons (Fsp3) is 0.800. The van der Waals surface area contributed by atoms with Crippen LogP contribution in [0.5, 0.6) is 0 Å². The number of carbonyl (C=O) groups excluding carboxylic acids is 1. The zero-order valence-electron chi connectivity index (χ0n) is 11.1. The molecule has 3 N–H and O–H groups in total. The van der Waals surface area contributed by atoms with Gasteiger partial charge in [-0.05, 0) is 12.8 Å². The lowest BCUT2D eigenvalue weighted by Gasteiger charge is -2.29. The van der Waals surface area contributed by atoms with Crippen molar-refractivity contribution < 1.29 is 26.9 Å². The maximum Gasteiger partial charge on any atom is 0.418 e. The van der Waals surface area contributed by atoms with Gasteiger partial charge in [0.1, 0.15) is 6.10 Å². The van der Waals surface area contributed by atoms with E-state index in [-0.39, 0.29) is 12.1 Å². The van der Waals surface area contributed by atoms with E-state index in [4.69, 9.17) is 15.1 Å². The van der Waals surface area contributed by atoms with Crippen LogP contribution in [0.3, 0.4) is 0 Å².